The number of hydrogen-bond donors (Lipinski definition) is 0. The highest BCUT2D eigenvalue weighted by Gasteiger charge is 2.62. The maximum Gasteiger partial charge on any atom is 0.239 e. The molecule has 1 saturated carbocycles. The molecular formula is C27H20N2O2. The fourth-order valence-electron chi connectivity index (χ4n) is 5.52. The van der Waals surface area contributed by atoms with Gasteiger partial charge in [0.25, 0.3) is 0 Å². The number of carbonyl (C=O) groups excluding carboxylic acids is 2. The van der Waals surface area contributed by atoms with Crippen LogP contribution in [-0.4, -0.2) is 16.8 Å². The highest BCUT2D eigenvalue weighted by Crippen LogP contribution is 2.58. The molecule has 1 saturated heterocycles. The third kappa shape index (κ3) is 2.58. The molecule has 0 N–H and O–H groups in total. The monoisotopic (exact) mass is 404 g/mol. The van der Waals surface area contributed by atoms with E-state index in [2.05, 4.69) is 41.4 Å². The number of nitrogens with zero attached hydrogens (tertiary/aromatic N) is 2. The molecule has 2 aliphatic carbocycles. The molecule has 3 aliphatic rings. The van der Waals surface area contributed by atoms with Crippen molar-refractivity contribution in [3.63, 3.8) is 0 Å². The van der Waals surface area contributed by atoms with Crippen LogP contribution in [0.25, 0.3) is 5.57 Å². The van der Waals surface area contributed by atoms with Gasteiger partial charge < -0.3 is 0 Å². The highest BCUT2D eigenvalue weighted by atomic mass is 16.2. The molecular weight excluding hydrogens is 384 g/mol. The first-order valence-corrected chi connectivity index (χ1v) is 10.6. The number of allylic oxidation sites excluding steroid dienone is 3. The molecule has 4 nitrogen and oxygen atoms in total. The van der Waals surface area contributed by atoms with Crippen LogP contribution >= 0.6 is 0 Å². The van der Waals surface area contributed by atoms with E-state index in [-0.39, 0.29) is 35.5 Å². The molecule has 0 unspecified atom stereocenters. The van der Waals surface area contributed by atoms with Gasteiger partial charge >= 0.3 is 0 Å². The van der Waals surface area contributed by atoms with Crippen LogP contribution in [-0.2, 0) is 9.59 Å². The fourth-order valence-corrected chi connectivity index (χ4v) is 5.52. The second-order valence-corrected chi connectivity index (χ2v) is 8.25. The number of carbonyl (C=O) groups is 2. The van der Waals surface area contributed by atoms with Crippen molar-refractivity contribution in [3.05, 3.63) is 114 Å². The van der Waals surface area contributed by atoms with E-state index < -0.39 is 0 Å². The Bertz CT molecular complexity index is 1160. The zero-order chi connectivity index (χ0) is 20.9. The fraction of sp³-hybridized carbons (Fsp3) is 0.148. The summed E-state index contributed by atoms with van der Waals surface area (Å²) in [4.78, 5) is 32.4. The first-order valence-electron chi connectivity index (χ1n) is 10.6. The van der Waals surface area contributed by atoms with Crippen molar-refractivity contribution in [3.8, 4) is 0 Å². The van der Waals surface area contributed by atoms with E-state index in [1.165, 1.54) is 10.5 Å². The minimum atomic E-state index is -0.359. The zero-order valence-electron chi connectivity index (χ0n) is 16.8. The van der Waals surface area contributed by atoms with E-state index in [0.29, 0.717) is 5.82 Å². The summed E-state index contributed by atoms with van der Waals surface area (Å²) in [7, 11) is 0. The van der Waals surface area contributed by atoms with Gasteiger partial charge in [0.1, 0.15) is 5.82 Å². The largest absolute Gasteiger partial charge is 0.274 e. The van der Waals surface area contributed by atoms with Crippen molar-refractivity contribution < 1.29 is 9.59 Å². The van der Waals surface area contributed by atoms with Gasteiger partial charge in [-0.3, -0.25) is 9.59 Å². The van der Waals surface area contributed by atoms with Gasteiger partial charge in [-0.25, -0.2) is 9.88 Å². The molecule has 3 aromatic rings. The van der Waals surface area contributed by atoms with Crippen molar-refractivity contribution in [2.45, 2.75) is 0 Å². The Kier molecular flexibility index (Phi) is 4.00. The van der Waals surface area contributed by atoms with Gasteiger partial charge in [-0.1, -0.05) is 78.9 Å². The Hall–Kier alpha value is -3.79. The number of hydrogen-bond acceptors (Lipinski definition) is 3. The zero-order valence-corrected chi connectivity index (χ0v) is 16.8. The van der Waals surface area contributed by atoms with Crippen LogP contribution in [0.5, 0.6) is 0 Å². The second kappa shape index (κ2) is 6.88. The number of pyridine rings is 1. The normalized spacial score (nSPS) is 25.9. The Balaban J connectivity index is 1.50. The lowest BCUT2D eigenvalue weighted by atomic mass is 9.85. The maximum absolute atomic E-state index is 13.4. The van der Waals surface area contributed by atoms with Crippen molar-refractivity contribution >= 4 is 23.2 Å². The molecule has 150 valence electrons. The van der Waals surface area contributed by atoms with Crippen LogP contribution < -0.4 is 4.90 Å². The molecule has 4 heteroatoms. The molecule has 0 spiro atoms. The Morgan fingerprint density at radius 3 is 1.68 bits per heavy atom. The second-order valence-electron chi connectivity index (χ2n) is 8.25. The van der Waals surface area contributed by atoms with E-state index >= 15 is 0 Å². The summed E-state index contributed by atoms with van der Waals surface area (Å²) in [5.74, 6) is -0.717. The molecule has 1 aliphatic heterocycles. The number of benzene rings is 2. The van der Waals surface area contributed by atoms with E-state index in [0.717, 1.165) is 16.7 Å². The Labute approximate surface area is 180 Å². The van der Waals surface area contributed by atoms with Gasteiger partial charge in [-0.05, 0) is 34.4 Å². The van der Waals surface area contributed by atoms with E-state index in [1.807, 2.05) is 36.4 Å². The Morgan fingerprint density at radius 1 is 0.677 bits per heavy atom. The molecule has 6 rings (SSSR count). The van der Waals surface area contributed by atoms with Crippen LogP contribution in [0, 0.1) is 23.7 Å². The van der Waals surface area contributed by atoms with Gasteiger partial charge in [-0.15, -0.1) is 0 Å². The van der Waals surface area contributed by atoms with Gasteiger partial charge in [0, 0.05) is 18.0 Å². The van der Waals surface area contributed by atoms with E-state index in [4.69, 9.17) is 0 Å². The average Bonchev–Trinajstić information content (AvgIpc) is 3.45. The molecule has 1 aromatic heterocycles. The summed E-state index contributed by atoms with van der Waals surface area (Å²) in [6.07, 6.45) is 5.87. The topological polar surface area (TPSA) is 50.3 Å². The van der Waals surface area contributed by atoms with Crippen molar-refractivity contribution in [1.82, 2.24) is 4.98 Å². The van der Waals surface area contributed by atoms with Gasteiger partial charge in [-0.2, -0.15) is 0 Å². The number of fused-ring (bicyclic) bond motifs is 5. The van der Waals surface area contributed by atoms with E-state index in [9.17, 15) is 9.59 Å². The molecule has 2 amide bonds. The van der Waals surface area contributed by atoms with Crippen molar-refractivity contribution in [2.24, 2.45) is 23.7 Å². The maximum atomic E-state index is 13.4. The van der Waals surface area contributed by atoms with Crippen LogP contribution in [0.15, 0.2) is 103 Å². The minimum Gasteiger partial charge on any atom is -0.274 e. The molecule has 2 heterocycles. The number of imide groups is 1. The van der Waals surface area contributed by atoms with Crippen LogP contribution in [0.3, 0.4) is 0 Å². The number of anilines is 1. The van der Waals surface area contributed by atoms with Gasteiger partial charge in [0.2, 0.25) is 11.8 Å². The summed E-state index contributed by atoms with van der Waals surface area (Å²) >= 11 is 0. The van der Waals surface area contributed by atoms with Gasteiger partial charge in [0.05, 0.1) is 11.8 Å². The first-order chi connectivity index (χ1) is 15.3. The van der Waals surface area contributed by atoms with Crippen molar-refractivity contribution in [2.75, 3.05) is 4.90 Å². The predicted molar refractivity (Wildman–Crippen MR) is 119 cm³/mol. The smallest absolute Gasteiger partial charge is 0.239 e. The lowest BCUT2D eigenvalue weighted by Gasteiger charge is -2.21. The lowest BCUT2D eigenvalue weighted by molar-refractivity contribution is -0.123. The minimum absolute atomic E-state index is 0.0735. The van der Waals surface area contributed by atoms with Crippen LogP contribution in [0.4, 0.5) is 5.82 Å². The van der Waals surface area contributed by atoms with Crippen molar-refractivity contribution in [1.29, 1.82) is 0 Å². The Morgan fingerprint density at radius 2 is 1.19 bits per heavy atom. The molecule has 2 fully saturated rings. The first kappa shape index (κ1) is 18.0. The number of amides is 2. The summed E-state index contributed by atoms with van der Waals surface area (Å²) in [6.45, 7) is 0. The molecule has 2 aromatic carbocycles. The molecule has 2 bridgehead atoms. The molecule has 4 atom stereocenters. The molecule has 31 heavy (non-hydrogen) atoms. The summed E-state index contributed by atoms with van der Waals surface area (Å²) in [5.41, 5.74) is 4.56. The van der Waals surface area contributed by atoms with E-state index in [1.54, 1.807) is 24.4 Å². The molecule has 0 radical (unpaired) electrons. The highest BCUT2D eigenvalue weighted by molar-refractivity contribution is 6.23. The average molecular weight is 404 g/mol. The standard InChI is InChI=1S/C27H20N2O2/c30-26-24-19-14-15-20(25(24)27(31)29(26)21-13-7-8-16-28-21)23(19)22(17-9-3-1-4-10-17)18-11-5-2-6-12-18/h1-16,19-20,24-25H/t19-,20-,24-,25-/m0/s1. The number of rotatable bonds is 3. The third-order valence-corrected chi connectivity index (χ3v) is 6.71. The quantitative estimate of drug-likeness (QED) is 0.477. The number of aromatic nitrogens is 1. The summed E-state index contributed by atoms with van der Waals surface area (Å²) < 4.78 is 0. The summed E-state index contributed by atoms with van der Waals surface area (Å²) in [5, 5.41) is 0. The lowest BCUT2D eigenvalue weighted by Crippen LogP contribution is -2.33. The predicted octanol–water partition coefficient (Wildman–Crippen LogP) is 4.51. The van der Waals surface area contributed by atoms with Crippen LogP contribution in [0.2, 0.25) is 0 Å². The SMILES string of the molecule is O=C1[C@@H]2[C@@H](C(=O)N1c1ccccn1)[C@H]1C=C[C@H]2C1=C(c1ccccc1)c1ccccc1. The third-order valence-electron chi connectivity index (χ3n) is 6.71. The van der Waals surface area contributed by atoms with Crippen LogP contribution in [0.1, 0.15) is 11.1 Å². The van der Waals surface area contributed by atoms with Gasteiger partial charge in [0.15, 0.2) is 0 Å². The summed E-state index contributed by atoms with van der Waals surface area (Å²) in [6, 6.07) is 25.9.